The molecule has 1 heterocycles. The second kappa shape index (κ2) is 9.02. The van der Waals surface area contributed by atoms with Crippen LogP contribution in [0, 0.1) is 19.3 Å². The molecule has 0 aliphatic rings. The van der Waals surface area contributed by atoms with E-state index in [4.69, 9.17) is 4.74 Å². The molecule has 2 aromatic carbocycles. The van der Waals surface area contributed by atoms with Crippen LogP contribution in [0.5, 0.6) is 5.75 Å². The van der Waals surface area contributed by atoms with Crippen molar-refractivity contribution in [2.75, 3.05) is 6.61 Å². The molecule has 0 atom stereocenters. The van der Waals surface area contributed by atoms with Gasteiger partial charge in [-0.1, -0.05) is 32.5 Å². The summed E-state index contributed by atoms with van der Waals surface area (Å²) in [6.07, 6.45) is -1.33. The highest BCUT2D eigenvalue weighted by atomic mass is 32.2. The molecule has 0 saturated carbocycles. The Balaban J connectivity index is 1.89. The van der Waals surface area contributed by atoms with Crippen LogP contribution in [0.25, 0.3) is 5.69 Å². The number of hydrogen-bond donors (Lipinski definition) is 0. The van der Waals surface area contributed by atoms with Gasteiger partial charge in [-0.3, -0.25) is 9.36 Å². The van der Waals surface area contributed by atoms with Crippen LogP contribution in [-0.4, -0.2) is 16.2 Å². The third kappa shape index (κ3) is 5.73. The van der Waals surface area contributed by atoms with Gasteiger partial charge >= 0.3 is 6.18 Å². The summed E-state index contributed by atoms with van der Waals surface area (Å²) in [5.74, 6) is 0.796. The Kier molecular flexibility index (Phi) is 6.74. The third-order valence-corrected chi connectivity index (χ3v) is 5.56. The van der Waals surface area contributed by atoms with E-state index >= 15 is 0 Å². The van der Waals surface area contributed by atoms with Gasteiger partial charge in [-0.05, 0) is 66.8 Å². The zero-order valence-corrected chi connectivity index (χ0v) is 19.4. The highest BCUT2D eigenvalue weighted by Crippen LogP contribution is 2.32. The van der Waals surface area contributed by atoms with Gasteiger partial charge in [-0.2, -0.15) is 13.2 Å². The summed E-state index contributed by atoms with van der Waals surface area (Å²) in [5, 5.41) is 0.177. The number of nitrogens with zero attached hydrogens (tertiary/aromatic N) is 2. The molecule has 3 rings (SSSR count). The first kappa shape index (κ1) is 23.9. The van der Waals surface area contributed by atoms with Crippen molar-refractivity contribution in [3.8, 4) is 11.4 Å². The average Bonchev–Trinajstić information content (AvgIpc) is 2.67. The third-order valence-electron chi connectivity index (χ3n) is 4.58. The maximum Gasteiger partial charge on any atom is 0.416 e. The van der Waals surface area contributed by atoms with Gasteiger partial charge in [0.15, 0.2) is 5.03 Å². The van der Waals surface area contributed by atoms with Crippen molar-refractivity contribution in [2.45, 2.75) is 50.7 Å². The minimum atomic E-state index is -4.40. The number of alkyl halides is 3. The molecule has 0 fully saturated rings. The van der Waals surface area contributed by atoms with Gasteiger partial charge in [0.25, 0.3) is 5.56 Å². The molecule has 0 radical (unpaired) electrons. The SMILES string of the molecule is Cc1cc(-n2ccnc(Sc3ccc(C(F)(F)F)cc3)c2=O)cc(C)c1OCC(C)(C)C. The Labute approximate surface area is 189 Å². The minimum Gasteiger partial charge on any atom is -0.492 e. The zero-order valence-electron chi connectivity index (χ0n) is 18.6. The Hall–Kier alpha value is -2.74. The van der Waals surface area contributed by atoms with Gasteiger partial charge in [-0.25, -0.2) is 4.98 Å². The minimum absolute atomic E-state index is 0.0179. The summed E-state index contributed by atoms with van der Waals surface area (Å²) in [6.45, 7) is 10.7. The molecule has 0 spiro atoms. The van der Waals surface area contributed by atoms with Crippen LogP contribution in [0.2, 0.25) is 0 Å². The summed E-state index contributed by atoms with van der Waals surface area (Å²) >= 11 is 1.03. The quantitative estimate of drug-likeness (QED) is 0.437. The van der Waals surface area contributed by atoms with Crippen molar-refractivity contribution in [1.29, 1.82) is 0 Å². The van der Waals surface area contributed by atoms with Crippen LogP contribution in [-0.2, 0) is 6.18 Å². The number of aryl methyl sites for hydroxylation is 2. The second-order valence-corrected chi connectivity index (χ2v) is 9.85. The highest BCUT2D eigenvalue weighted by molar-refractivity contribution is 7.99. The molecule has 0 amide bonds. The topological polar surface area (TPSA) is 44.1 Å². The van der Waals surface area contributed by atoms with Crippen molar-refractivity contribution in [3.63, 3.8) is 0 Å². The first-order chi connectivity index (χ1) is 14.8. The largest absolute Gasteiger partial charge is 0.492 e. The summed E-state index contributed by atoms with van der Waals surface area (Å²) < 4.78 is 45.8. The molecule has 0 N–H and O–H groups in total. The van der Waals surface area contributed by atoms with E-state index in [9.17, 15) is 18.0 Å². The fourth-order valence-electron chi connectivity index (χ4n) is 3.07. The van der Waals surface area contributed by atoms with E-state index in [1.165, 1.54) is 22.9 Å². The van der Waals surface area contributed by atoms with Crippen LogP contribution in [0.3, 0.4) is 0 Å². The molecule has 0 unspecified atom stereocenters. The summed E-state index contributed by atoms with van der Waals surface area (Å²) in [7, 11) is 0. The van der Waals surface area contributed by atoms with Gasteiger partial charge in [0.05, 0.1) is 12.2 Å². The van der Waals surface area contributed by atoms with Crippen molar-refractivity contribution < 1.29 is 17.9 Å². The maximum absolute atomic E-state index is 13.0. The lowest BCUT2D eigenvalue weighted by Crippen LogP contribution is -2.21. The maximum atomic E-state index is 13.0. The standard InChI is InChI=1S/C24H25F3N2O2S/c1-15-12-18(13-16(2)20(15)31-14-23(3,4)5)29-11-10-28-21(22(29)30)32-19-8-6-17(7-9-19)24(25,26)27/h6-13H,14H2,1-5H3. The molecule has 4 nitrogen and oxygen atoms in total. The van der Waals surface area contributed by atoms with Gasteiger partial charge in [0.1, 0.15) is 5.75 Å². The highest BCUT2D eigenvalue weighted by Gasteiger charge is 2.30. The van der Waals surface area contributed by atoms with Crippen LogP contribution < -0.4 is 10.3 Å². The Bertz CT molecular complexity index is 1140. The van der Waals surface area contributed by atoms with E-state index in [0.29, 0.717) is 17.2 Å². The first-order valence-electron chi connectivity index (χ1n) is 10.0. The lowest BCUT2D eigenvalue weighted by Gasteiger charge is -2.21. The molecule has 0 saturated heterocycles. The number of halogens is 3. The van der Waals surface area contributed by atoms with Crippen LogP contribution in [0.4, 0.5) is 13.2 Å². The van der Waals surface area contributed by atoms with Gasteiger partial charge < -0.3 is 4.74 Å². The number of aromatic nitrogens is 2. The number of rotatable bonds is 5. The van der Waals surface area contributed by atoms with E-state index in [1.807, 2.05) is 26.0 Å². The van der Waals surface area contributed by atoms with E-state index in [-0.39, 0.29) is 16.0 Å². The predicted octanol–water partition coefficient (Wildman–Crippen LogP) is 6.44. The molecular formula is C24H25F3N2O2S. The fourth-order valence-corrected chi connectivity index (χ4v) is 3.87. The average molecular weight is 463 g/mol. The molecule has 8 heteroatoms. The lowest BCUT2D eigenvalue weighted by atomic mass is 9.98. The van der Waals surface area contributed by atoms with Crippen molar-refractivity contribution in [1.82, 2.24) is 9.55 Å². The molecule has 32 heavy (non-hydrogen) atoms. The summed E-state index contributed by atoms with van der Waals surface area (Å²) in [4.78, 5) is 17.7. The molecule has 3 aromatic rings. The van der Waals surface area contributed by atoms with Crippen LogP contribution >= 0.6 is 11.8 Å². The predicted molar refractivity (Wildman–Crippen MR) is 120 cm³/mol. The van der Waals surface area contributed by atoms with Gasteiger partial charge in [0.2, 0.25) is 0 Å². The molecule has 170 valence electrons. The molecule has 0 bridgehead atoms. The molecule has 1 aromatic heterocycles. The van der Waals surface area contributed by atoms with E-state index < -0.39 is 11.7 Å². The zero-order chi connectivity index (χ0) is 23.7. The fraction of sp³-hybridized carbons (Fsp3) is 0.333. The van der Waals surface area contributed by atoms with Gasteiger partial charge in [-0.15, -0.1) is 0 Å². The van der Waals surface area contributed by atoms with Gasteiger partial charge in [0, 0.05) is 23.0 Å². The summed E-state index contributed by atoms with van der Waals surface area (Å²) in [6, 6.07) is 8.40. The first-order valence-corrected chi connectivity index (χ1v) is 10.8. The smallest absolute Gasteiger partial charge is 0.416 e. The van der Waals surface area contributed by atoms with Crippen molar-refractivity contribution in [2.24, 2.45) is 5.41 Å². The number of ether oxygens (including phenoxy) is 1. The van der Waals surface area contributed by atoms with Crippen molar-refractivity contribution in [3.05, 3.63) is 75.8 Å². The van der Waals surface area contributed by atoms with E-state index in [2.05, 4.69) is 25.8 Å². The van der Waals surface area contributed by atoms with E-state index in [1.54, 1.807) is 6.20 Å². The second-order valence-electron chi connectivity index (χ2n) is 8.79. The van der Waals surface area contributed by atoms with Crippen LogP contribution in [0.1, 0.15) is 37.5 Å². The monoisotopic (exact) mass is 462 g/mol. The Morgan fingerprint density at radius 2 is 1.62 bits per heavy atom. The Morgan fingerprint density at radius 3 is 2.16 bits per heavy atom. The molecular weight excluding hydrogens is 437 g/mol. The molecule has 0 aliphatic carbocycles. The van der Waals surface area contributed by atoms with Crippen LogP contribution in [0.15, 0.2) is 63.5 Å². The Morgan fingerprint density at radius 1 is 1.03 bits per heavy atom. The van der Waals surface area contributed by atoms with Crippen molar-refractivity contribution >= 4 is 11.8 Å². The number of benzene rings is 2. The van der Waals surface area contributed by atoms with E-state index in [0.717, 1.165) is 40.8 Å². The summed E-state index contributed by atoms with van der Waals surface area (Å²) in [5.41, 5.74) is 1.42. The lowest BCUT2D eigenvalue weighted by molar-refractivity contribution is -0.137. The normalized spacial score (nSPS) is 12.1. The number of hydrogen-bond acceptors (Lipinski definition) is 4. The molecule has 0 aliphatic heterocycles.